The van der Waals surface area contributed by atoms with Crippen molar-refractivity contribution in [2.45, 2.75) is 6.10 Å². The van der Waals surface area contributed by atoms with Crippen LogP contribution in [0.25, 0.3) is 0 Å². The molecule has 0 aromatic heterocycles. The van der Waals surface area contributed by atoms with E-state index >= 15 is 0 Å². The Morgan fingerprint density at radius 3 is 2.88 bits per heavy atom. The Morgan fingerprint density at radius 2 is 2.29 bits per heavy atom. The number of rotatable bonds is 4. The molecule has 1 heterocycles. The van der Waals surface area contributed by atoms with Crippen LogP contribution >= 0.6 is 0 Å². The van der Waals surface area contributed by atoms with Gasteiger partial charge in [-0.3, -0.25) is 0 Å². The SMILES string of the molecule is CNCC1CN(S(=O)(=O)NC(=O)OC)CCO1. The minimum absolute atomic E-state index is 0.202. The monoisotopic (exact) mass is 267 g/mol. The third-order valence-electron chi connectivity index (χ3n) is 2.27. The summed E-state index contributed by atoms with van der Waals surface area (Å²) in [5, 5.41) is 2.90. The third-order valence-corrected chi connectivity index (χ3v) is 3.71. The maximum absolute atomic E-state index is 11.7. The molecule has 8 nitrogen and oxygen atoms in total. The van der Waals surface area contributed by atoms with Gasteiger partial charge in [0.2, 0.25) is 0 Å². The van der Waals surface area contributed by atoms with E-state index in [1.807, 2.05) is 0 Å². The van der Waals surface area contributed by atoms with Gasteiger partial charge in [-0.25, -0.2) is 9.52 Å². The summed E-state index contributed by atoms with van der Waals surface area (Å²) in [5.74, 6) is 0. The fraction of sp³-hybridized carbons (Fsp3) is 0.875. The van der Waals surface area contributed by atoms with Crippen molar-refractivity contribution in [1.29, 1.82) is 0 Å². The van der Waals surface area contributed by atoms with Crippen LogP contribution < -0.4 is 10.0 Å². The minimum atomic E-state index is -3.84. The van der Waals surface area contributed by atoms with Gasteiger partial charge in [0.25, 0.3) is 0 Å². The number of morpholine rings is 1. The first kappa shape index (κ1) is 14.2. The fourth-order valence-corrected chi connectivity index (χ4v) is 2.57. The highest BCUT2D eigenvalue weighted by Gasteiger charge is 2.30. The second kappa shape index (κ2) is 6.15. The van der Waals surface area contributed by atoms with Crippen LogP contribution in [0.15, 0.2) is 0 Å². The molecule has 1 atom stereocenters. The molecule has 1 fully saturated rings. The van der Waals surface area contributed by atoms with Crippen LogP contribution in [0.4, 0.5) is 4.79 Å². The van der Waals surface area contributed by atoms with E-state index < -0.39 is 16.3 Å². The number of nitrogens with one attached hydrogen (secondary N) is 2. The molecule has 1 aliphatic heterocycles. The standard InChI is InChI=1S/C8H17N3O5S/c1-9-5-7-6-11(3-4-16-7)17(13,14)10-8(12)15-2/h7,9H,3-6H2,1-2H3,(H,10,12). The van der Waals surface area contributed by atoms with Crippen LogP contribution in [0, 0.1) is 0 Å². The number of carbonyl (C=O) groups excluding carboxylic acids is 1. The number of carbonyl (C=O) groups is 1. The van der Waals surface area contributed by atoms with Crippen LogP contribution in [-0.2, 0) is 19.7 Å². The summed E-state index contributed by atoms with van der Waals surface area (Å²) in [7, 11) is -0.986. The van der Waals surface area contributed by atoms with Gasteiger partial charge in [0, 0.05) is 19.6 Å². The van der Waals surface area contributed by atoms with Crippen LogP contribution in [0.5, 0.6) is 0 Å². The van der Waals surface area contributed by atoms with Gasteiger partial charge in [-0.2, -0.15) is 12.7 Å². The molecule has 0 bridgehead atoms. The van der Waals surface area contributed by atoms with Crippen molar-refractivity contribution in [3.05, 3.63) is 0 Å². The summed E-state index contributed by atoms with van der Waals surface area (Å²) in [6.07, 6.45) is -1.22. The summed E-state index contributed by atoms with van der Waals surface area (Å²) >= 11 is 0. The zero-order valence-electron chi connectivity index (χ0n) is 9.80. The molecule has 9 heteroatoms. The molecule has 0 aromatic carbocycles. The molecule has 1 amide bonds. The Bertz CT molecular complexity index is 356. The Hall–Kier alpha value is -0.900. The first-order chi connectivity index (χ1) is 7.99. The van der Waals surface area contributed by atoms with Gasteiger partial charge in [0.15, 0.2) is 0 Å². The van der Waals surface area contributed by atoms with Crippen LogP contribution in [0.3, 0.4) is 0 Å². The topological polar surface area (TPSA) is 97.0 Å². The lowest BCUT2D eigenvalue weighted by atomic mass is 10.3. The van der Waals surface area contributed by atoms with Gasteiger partial charge in [-0.1, -0.05) is 0 Å². The quantitative estimate of drug-likeness (QED) is 0.644. The number of methoxy groups -OCH3 is 1. The number of amides is 1. The minimum Gasteiger partial charge on any atom is -0.452 e. The summed E-state index contributed by atoms with van der Waals surface area (Å²) in [5.41, 5.74) is 0. The fourth-order valence-electron chi connectivity index (χ4n) is 1.47. The highest BCUT2D eigenvalue weighted by molar-refractivity contribution is 7.87. The predicted molar refractivity (Wildman–Crippen MR) is 59.7 cm³/mol. The smallest absolute Gasteiger partial charge is 0.421 e. The second-order valence-electron chi connectivity index (χ2n) is 3.51. The van der Waals surface area contributed by atoms with Gasteiger partial charge in [-0.15, -0.1) is 0 Å². The maximum atomic E-state index is 11.7. The van der Waals surface area contributed by atoms with E-state index in [0.717, 1.165) is 11.4 Å². The Kier molecular flexibility index (Phi) is 5.12. The van der Waals surface area contributed by atoms with Crippen LogP contribution in [0.1, 0.15) is 0 Å². The van der Waals surface area contributed by atoms with E-state index in [9.17, 15) is 13.2 Å². The van der Waals surface area contributed by atoms with Gasteiger partial charge in [0.05, 0.1) is 19.8 Å². The van der Waals surface area contributed by atoms with Crippen molar-refractivity contribution in [2.75, 3.05) is 40.4 Å². The zero-order chi connectivity index (χ0) is 12.9. The van der Waals surface area contributed by atoms with Crippen LogP contribution in [-0.4, -0.2) is 65.3 Å². The Morgan fingerprint density at radius 1 is 1.59 bits per heavy atom. The van der Waals surface area contributed by atoms with E-state index in [4.69, 9.17) is 4.74 Å². The molecule has 1 rings (SSSR count). The van der Waals surface area contributed by atoms with Crippen LogP contribution in [0.2, 0.25) is 0 Å². The van der Waals surface area contributed by atoms with E-state index in [0.29, 0.717) is 13.2 Å². The van der Waals surface area contributed by atoms with E-state index in [1.165, 1.54) is 0 Å². The van der Waals surface area contributed by atoms with Crippen molar-refractivity contribution in [3.63, 3.8) is 0 Å². The highest BCUT2D eigenvalue weighted by atomic mass is 32.2. The molecule has 100 valence electrons. The Labute approximate surface area is 100 Å². The maximum Gasteiger partial charge on any atom is 0.421 e. The first-order valence-corrected chi connectivity index (χ1v) is 6.55. The van der Waals surface area contributed by atoms with Crippen molar-refractivity contribution in [3.8, 4) is 0 Å². The van der Waals surface area contributed by atoms with Gasteiger partial charge in [-0.05, 0) is 7.05 Å². The Balaban J connectivity index is 2.61. The summed E-state index contributed by atoms with van der Waals surface area (Å²) in [4.78, 5) is 10.9. The predicted octanol–water partition coefficient (Wildman–Crippen LogP) is -1.49. The molecule has 1 aliphatic rings. The number of hydrogen-bond donors (Lipinski definition) is 2. The lowest BCUT2D eigenvalue weighted by molar-refractivity contribution is 0.000467. The summed E-state index contributed by atoms with van der Waals surface area (Å²) < 4.78 is 36.1. The number of hydrogen-bond acceptors (Lipinski definition) is 6. The third kappa shape index (κ3) is 4.11. The van der Waals surface area contributed by atoms with Crippen molar-refractivity contribution >= 4 is 16.3 Å². The molecule has 0 aliphatic carbocycles. The molecule has 0 aromatic rings. The molecule has 0 radical (unpaired) electrons. The second-order valence-corrected chi connectivity index (χ2v) is 5.18. The van der Waals surface area contributed by atoms with Gasteiger partial charge < -0.3 is 14.8 Å². The number of ether oxygens (including phenoxy) is 2. The zero-order valence-corrected chi connectivity index (χ0v) is 10.6. The molecule has 0 spiro atoms. The molecular weight excluding hydrogens is 250 g/mol. The average molecular weight is 267 g/mol. The average Bonchev–Trinajstić information content (AvgIpc) is 2.29. The molecule has 2 N–H and O–H groups in total. The van der Waals surface area contributed by atoms with Gasteiger partial charge >= 0.3 is 16.3 Å². The molecule has 1 unspecified atom stereocenters. The molecule has 17 heavy (non-hydrogen) atoms. The number of nitrogens with zero attached hydrogens (tertiary/aromatic N) is 1. The summed E-state index contributed by atoms with van der Waals surface area (Å²) in [6.45, 7) is 1.26. The molecular formula is C8H17N3O5S. The molecule has 0 saturated carbocycles. The summed E-state index contributed by atoms with van der Waals surface area (Å²) in [6, 6.07) is 0. The van der Waals surface area contributed by atoms with Crippen molar-refractivity contribution in [1.82, 2.24) is 14.3 Å². The van der Waals surface area contributed by atoms with E-state index in [1.54, 1.807) is 11.8 Å². The van der Waals surface area contributed by atoms with Gasteiger partial charge in [0.1, 0.15) is 0 Å². The van der Waals surface area contributed by atoms with Crippen molar-refractivity contribution in [2.24, 2.45) is 0 Å². The lowest BCUT2D eigenvalue weighted by Crippen LogP contribution is -2.52. The lowest BCUT2D eigenvalue weighted by Gasteiger charge is -2.31. The number of likely N-dealkylation sites (N-methyl/N-ethyl adjacent to an activating group) is 1. The first-order valence-electron chi connectivity index (χ1n) is 5.11. The van der Waals surface area contributed by atoms with Crippen molar-refractivity contribution < 1.29 is 22.7 Å². The largest absolute Gasteiger partial charge is 0.452 e. The van der Waals surface area contributed by atoms with E-state index in [2.05, 4.69) is 10.1 Å². The highest BCUT2D eigenvalue weighted by Crippen LogP contribution is 2.08. The molecule has 1 saturated heterocycles. The van der Waals surface area contributed by atoms with E-state index in [-0.39, 0.29) is 19.2 Å². The normalized spacial score (nSPS) is 22.1.